The Balaban J connectivity index is 2.45. The predicted octanol–water partition coefficient (Wildman–Crippen LogP) is 0.865. The minimum atomic E-state index is -0.220. The van der Waals surface area contributed by atoms with Gasteiger partial charge in [0.25, 0.3) is 0 Å². The Hall–Kier alpha value is -0.920. The summed E-state index contributed by atoms with van der Waals surface area (Å²) in [5.74, 6) is -0.337. The molecule has 1 saturated carbocycles. The largest absolute Gasteiger partial charge is 0.290 e. The molecule has 3 aliphatic carbocycles. The van der Waals surface area contributed by atoms with Crippen molar-refractivity contribution >= 4 is 11.6 Å². The highest BCUT2D eigenvalue weighted by molar-refractivity contribution is 6.45. The van der Waals surface area contributed by atoms with Gasteiger partial charge in [-0.15, -0.1) is 0 Å². The van der Waals surface area contributed by atoms with Crippen molar-refractivity contribution in [3.8, 4) is 0 Å². The summed E-state index contributed by atoms with van der Waals surface area (Å²) in [6.45, 7) is 0. The lowest BCUT2D eigenvalue weighted by atomic mass is 9.76. The number of ketones is 2. The molecule has 3 aliphatic rings. The molecular weight excluding hydrogens is 128 g/mol. The number of carbonyl (C=O) groups is 2. The fraction of sp³-hybridized carbons (Fsp3) is 0.500. The van der Waals surface area contributed by atoms with Crippen molar-refractivity contribution in [2.45, 2.75) is 19.3 Å². The first-order valence-electron chi connectivity index (χ1n) is 3.56. The molecule has 10 heavy (non-hydrogen) atoms. The first-order chi connectivity index (χ1) is 4.79. The number of hydrogen-bond donors (Lipinski definition) is 0. The first kappa shape index (κ1) is 5.83. The van der Waals surface area contributed by atoms with Gasteiger partial charge in [-0.1, -0.05) is 6.08 Å². The lowest BCUT2D eigenvalue weighted by Gasteiger charge is -2.25. The SMILES string of the molecule is O=C1C(=O)C2CC=C1CC2. The molecule has 0 radical (unpaired) electrons. The van der Waals surface area contributed by atoms with Gasteiger partial charge in [-0.2, -0.15) is 0 Å². The average Bonchev–Trinajstić information content (AvgIpc) is 2.00. The average molecular weight is 136 g/mol. The van der Waals surface area contributed by atoms with Crippen LogP contribution in [0, 0.1) is 5.92 Å². The minimum Gasteiger partial charge on any atom is -0.290 e. The van der Waals surface area contributed by atoms with Crippen molar-refractivity contribution in [2.75, 3.05) is 0 Å². The summed E-state index contributed by atoms with van der Waals surface area (Å²) in [6.07, 6.45) is 4.45. The summed E-state index contributed by atoms with van der Waals surface area (Å²) in [4.78, 5) is 22.0. The summed E-state index contributed by atoms with van der Waals surface area (Å²) in [5, 5.41) is 0. The van der Waals surface area contributed by atoms with Crippen molar-refractivity contribution in [2.24, 2.45) is 5.92 Å². The van der Waals surface area contributed by atoms with Crippen molar-refractivity contribution < 1.29 is 9.59 Å². The summed E-state index contributed by atoms with van der Waals surface area (Å²) < 4.78 is 0. The fourth-order valence-corrected chi connectivity index (χ4v) is 1.62. The number of rotatable bonds is 0. The zero-order valence-electron chi connectivity index (χ0n) is 5.59. The zero-order chi connectivity index (χ0) is 7.14. The molecule has 3 rings (SSSR count). The van der Waals surface area contributed by atoms with Crippen molar-refractivity contribution in [3.05, 3.63) is 11.6 Å². The molecule has 1 atom stereocenters. The third-order valence-electron chi connectivity index (χ3n) is 2.30. The van der Waals surface area contributed by atoms with E-state index in [1.165, 1.54) is 0 Å². The Morgan fingerprint density at radius 3 is 2.50 bits per heavy atom. The van der Waals surface area contributed by atoms with E-state index < -0.39 is 0 Å². The van der Waals surface area contributed by atoms with E-state index >= 15 is 0 Å². The molecule has 2 nitrogen and oxygen atoms in total. The molecule has 1 unspecified atom stereocenters. The predicted molar refractivity (Wildman–Crippen MR) is 35.4 cm³/mol. The Bertz CT molecular complexity index is 238. The van der Waals surface area contributed by atoms with Gasteiger partial charge in [0.1, 0.15) is 0 Å². The van der Waals surface area contributed by atoms with E-state index in [4.69, 9.17) is 0 Å². The molecule has 0 heterocycles. The maximum atomic E-state index is 11.0. The lowest BCUT2D eigenvalue weighted by Crippen LogP contribution is -2.33. The second-order valence-electron chi connectivity index (χ2n) is 2.89. The second-order valence-corrected chi connectivity index (χ2v) is 2.89. The molecule has 0 aromatic rings. The number of hydrogen-bond acceptors (Lipinski definition) is 2. The van der Waals surface area contributed by atoms with E-state index in [2.05, 4.69) is 0 Å². The summed E-state index contributed by atoms with van der Waals surface area (Å²) in [7, 11) is 0. The van der Waals surface area contributed by atoms with Gasteiger partial charge in [-0.25, -0.2) is 0 Å². The van der Waals surface area contributed by atoms with E-state index in [1.807, 2.05) is 6.08 Å². The van der Waals surface area contributed by atoms with Crippen LogP contribution in [0.15, 0.2) is 11.6 Å². The topological polar surface area (TPSA) is 34.1 Å². The molecule has 0 aliphatic heterocycles. The first-order valence-corrected chi connectivity index (χ1v) is 3.56. The maximum Gasteiger partial charge on any atom is 0.224 e. The lowest BCUT2D eigenvalue weighted by molar-refractivity contribution is -0.138. The molecule has 0 aromatic heterocycles. The van der Waals surface area contributed by atoms with E-state index in [0.29, 0.717) is 0 Å². The maximum absolute atomic E-state index is 11.0. The highest BCUT2D eigenvalue weighted by atomic mass is 16.2. The van der Waals surface area contributed by atoms with Gasteiger partial charge in [0.2, 0.25) is 11.6 Å². The normalized spacial score (nSPS) is 30.8. The Morgan fingerprint density at radius 2 is 2.20 bits per heavy atom. The van der Waals surface area contributed by atoms with Gasteiger partial charge in [-0.05, 0) is 24.8 Å². The molecule has 2 heteroatoms. The summed E-state index contributed by atoms with van der Waals surface area (Å²) >= 11 is 0. The van der Waals surface area contributed by atoms with Crippen molar-refractivity contribution in [3.63, 3.8) is 0 Å². The van der Waals surface area contributed by atoms with Crippen LogP contribution in [0.3, 0.4) is 0 Å². The van der Waals surface area contributed by atoms with Gasteiger partial charge in [-0.3, -0.25) is 9.59 Å². The van der Waals surface area contributed by atoms with Gasteiger partial charge in [0.05, 0.1) is 0 Å². The highest BCUT2D eigenvalue weighted by Gasteiger charge is 2.35. The number of allylic oxidation sites excluding steroid dienone is 2. The monoisotopic (exact) mass is 136 g/mol. The van der Waals surface area contributed by atoms with Crippen LogP contribution in [-0.2, 0) is 9.59 Å². The van der Waals surface area contributed by atoms with E-state index in [1.54, 1.807) is 0 Å². The van der Waals surface area contributed by atoms with E-state index in [9.17, 15) is 9.59 Å². The summed E-state index contributed by atoms with van der Waals surface area (Å²) in [6, 6.07) is 0. The molecule has 0 N–H and O–H groups in total. The number of fused-ring (bicyclic) bond motifs is 3. The van der Waals surface area contributed by atoms with Crippen molar-refractivity contribution in [1.29, 1.82) is 0 Å². The fourth-order valence-electron chi connectivity index (χ4n) is 1.62. The third-order valence-corrected chi connectivity index (χ3v) is 2.30. The quantitative estimate of drug-likeness (QED) is 0.463. The van der Waals surface area contributed by atoms with E-state index in [-0.39, 0.29) is 17.5 Å². The molecule has 0 amide bonds. The molecule has 0 spiro atoms. The molecule has 52 valence electrons. The molecule has 2 bridgehead atoms. The molecule has 0 aromatic carbocycles. The van der Waals surface area contributed by atoms with Crippen LogP contribution in [-0.4, -0.2) is 11.6 Å². The van der Waals surface area contributed by atoms with Crippen LogP contribution < -0.4 is 0 Å². The van der Waals surface area contributed by atoms with Crippen LogP contribution in [0.5, 0.6) is 0 Å². The van der Waals surface area contributed by atoms with Crippen LogP contribution in [0.2, 0.25) is 0 Å². The highest BCUT2D eigenvalue weighted by Crippen LogP contribution is 2.31. The van der Waals surface area contributed by atoms with Crippen LogP contribution >= 0.6 is 0 Å². The molecule has 1 fully saturated rings. The van der Waals surface area contributed by atoms with E-state index in [0.717, 1.165) is 24.8 Å². The smallest absolute Gasteiger partial charge is 0.224 e. The van der Waals surface area contributed by atoms with Crippen LogP contribution in [0.25, 0.3) is 0 Å². The van der Waals surface area contributed by atoms with Crippen LogP contribution in [0.1, 0.15) is 19.3 Å². The third kappa shape index (κ3) is 0.589. The Labute approximate surface area is 58.9 Å². The van der Waals surface area contributed by atoms with Gasteiger partial charge < -0.3 is 0 Å². The number of carbonyl (C=O) groups excluding carboxylic acids is 2. The number of Topliss-reactive ketones (excluding diaryl/α,β-unsaturated/α-hetero) is 2. The summed E-state index contributed by atoms with van der Waals surface area (Å²) in [5.41, 5.74) is 0.757. The van der Waals surface area contributed by atoms with Gasteiger partial charge in [0.15, 0.2) is 0 Å². The van der Waals surface area contributed by atoms with Crippen molar-refractivity contribution in [1.82, 2.24) is 0 Å². The minimum absolute atomic E-state index is 0.0324. The Kier molecular flexibility index (Phi) is 1.04. The Morgan fingerprint density at radius 1 is 1.40 bits per heavy atom. The van der Waals surface area contributed by atoms with Gasteiger partial charge in [0, 0.05) is 5.92 Å². The van der Waals surface area contributed by atoms with Crippen LogP contribution in [0.4, 0.5) is 0 Å². The molecule has 0 saturated heterocycles. The van der Waals surface area contributed by atoms with Gasteiger partial charge >= 0.3 is 0 Å². The zero-order valence-corrected chi connectivity index (χ0v) is 5.59. The molecular formula is C8H8O2. The standard InChI is InChI=1S/C8H8O2/c9-7-5-1-2-6(4-3-5)8(7)10/h1,6H,2-4H2. The second kappa shape index (κ2) is 1.78.